The van der Waals surface area contributed by atoms with Crippen LogP contribution in [0.3, 0.4) is 0 Å². The Kier molecular flexibility index (Phi) is 3.68. The summed E-state index contributed by atoms with van der Waals surface area (Å²) < 4.78 is 3.47. The fourth-order valence-corrected chi connectivity index (χ4v) is 3.42. The predicted molar refractivity (Wildman–Crippen MR) is 82.5 cm³/mol. The van der Waals surface area contributed by atoms with Crippen LogP contribution in [0.25, 0.3) is 11.1 Å². The van der Waals surface area contributed by atoms with Crippen molar-refractivity contribution < 1.29 is 0 Å². The molecule has 1 aromatic heterocycles. The van der Waals surface area contributed by atoms with Gasteiger partial charge in [-0.2, -0.15) is 5.10 Å². The number of nitrogens with zero attached hydrogens (tertiary/aromatic N) is 2. The quantitative estimate of drug-likeness (QED) is 0.719. The zero-order valence-electron chi connectivity index (χ0n) is 10.3. The molecule has 2 nitrogen and oxygen atoms in total. The Morgan fingerprint density at radius 1 is 1.11 bits per heavy atom. The zero-order chi connectivity index (χ0) is 12.4. The lowest BCUT2D eigenvalue weighted by atomic mass is 9.96. The lowest BCUT2D eigenvalue weighted by Crippen LogP contribution is -2.12. The van der Waals surface area contributed by atoms with Gasteiger partial charge in [0.15, 0.2) is 0 Å². The van der Waals surface area contributed by atoms with Crippen molar-refractivity contribution in [2.45, 2.75) is 38.1 Å². The maximum atomic E-state index is 4.57. The second-order valence-electron chi connectivity index (χ2n) is 4.98. The zero-order valence-corrected chi connectivity index (χ0v) is 12.5. The third-order valence-corrected chi connectivity index (χ3v) is 4.68. The highest BCUT2D eigenvalue weighted by Crippen LogP contribution is 2.30. The number of hydrogen-bond donors (Lipinski definition) is 0. The third-order valence-electron chi connectivity index (χ3n) is 3.74. The molecule has 0 amide bonds. The molecule has 0 saturated heterocycles. The van der Waals surface area contributed by atoms with E-state index < -0.39 is 0 Å². The van der Waals surface area contributed by atoms with Crippen molar-refractivity contribution in [1.29, 1.82) is 0 Å². The molecule has 0 aliphatic heterocycles. The van der Waals surface area contributed by atoms with Crippen LogP contribution in [0, 0.1) is 3.57 Å². The molecule has 0 bridgehead atoms. The highest BCUT2D eigenvalue weighted by molar-refractivity contribution is 14.1. The van der Waals surface area contributed by atoms with Crippen molar-refractivity contribution >= 4 is 22.6 Å². The van der Waals surface area contributed by atoms with Gasteiger partial charge >= 0.3 is 0 Å². The normalized spacial score (nSPS) is 16.9. The molecule has 94 valence electrons. The second kappa shape index (κ2) is 5.43. The molecule has 0 radical (unpaired) electrons. The molecular weight excluding hydrogens is 335 g/mol. The van der Waals surface area contributed by atoms with Gasteiger partial charge in [0.05, 0.1) is 12.2 Å². The van der Waals surface area contributed by atoms with E-state index in [0.29, 0.717) is 6.04 Å². The summed E-state index contributed by atoms with van der Waals surface area (Å²) in [7, 11) is 0. The summed E-state index contributed by atoms with van der Waals surface area (Å²) >= 11 is 2.39. The summed E-state index contributed by atoms with van der Waals surface area (Å²) in [6, 6.07) is 9.11. The smallest absolute Gasteiger partial charge is 0.0568 e. The lowest BCUT2D eigenvalue weighted by Gasteiger charge is -2.21. The number of aromatic nitrogens is 2. The van der Waals surface area contributed by atoms with Crippen molar-refractivity contribution in [2.75, 3.05) is 0 Å². The summed E-state index contributed by atoms with van der Waals surface area (Å²) in [5.41, 5.74) is 2.53. The van der Waals surface area contributed by atoms with Gasteiger partial charge in [0, 0.05) is 15.3 Å². The molecule has 1 fully saturated rings. The van der Waals surface area contributed by atoms with E-state index in [-0.39, 0.29) is 0 Å². The number of benzene rings is 1. The Balaban J connectivity index is 1.87. The molecule has 0 atom stereocenters. The highest BCUT2D eigenvalue weighted by atomic mass is 127. The second-order valence-corrected chi connectivity index (χ2v) is 6.14. The van der Waals surface area contributed by atoms with Crippen molar-refractivity contribution in [3.05, 3.63) is 40.2 Å². The van der Waals surface area contributed by atoms with Crippen LogP contribution in [-0.4, -0.2) is 9.78 Å². The van der Waals surface area contributed by atoms with E-state index in [9.17, 15) is 0 Å². The lowest BCUT2D eigenvalue weighted by molar-refractivity contribution is 0.329. The minimum absolute atomic E-state index is 0.619. The van der Waals surface area contributed by atoms with Gasteiger partial charge in [0.2, 0.25) is 0 Å². The molecule has 0 spiro atoms. The largest absolute Gasteiger partial charge is 0.269 e. The summed E-state index contributed by atoms with van der Waals surface area (Å²) in [6.07, 6.45) is 10.9. The van der Waals surface area contributed by atoms with Crippen LogP contribution in [0.1, 0.15) is 38.1 Å². The topological polar surface area (TPSA) is 17.8 Å². The molecule has 1 aliphatic rings. The van der Waals surface area contributed by atoms with E-state index in [2.05, 4.69) is 62.8 Å². The Hall–Kier alpha value is -0.840. The molecular formula is C15H17IN2. The van der Waals surface area contributed by atoms with E-state index in [1.54, 1.807) is 0 Å². The van der Waals surface area contributed by atoms with Gasteiger partial charge in [-0.1, -0.05) is 37.5 Å². The van der Waals surface area contributed by atoms with Gasteiger partial charge < -0.3 is 0 Å². The first kappa shape index (κ1) is 12.2. The van der Waals surface area contributed by atoms with Crippen LogP contribution in [0.2, 0.25) is 0 Å². The number of hydrogen-bond acceptors (Lipinski definition) is 1. The van der Waals surface area contributed by atoms with Crippen LogP contribution in [0.5, 0.6) is 0 Å². The Morgan fingerprint density at radius 2 is 1.89 bits per heavy atom. The van der Waals surface area contributed by atoms with E-state index >= 15 is 0 Å². The van der Waals surface area contributed by atoms with Crippen LogP contribution in [0.15, 0.2) is 36.7 Å². The first-order chi connectivity index (χ1) is 8.84. The van der Waals surface area contributed by atoms with Crippen LogP contribution in [0.4, 0.5) is 0 Å². The summed E-state index contributed by atoms with van der Waals surface area (Å²) in [4.78, 5) is 0. The molecule has 2 aromatic rings. The molecule has 3 heteroatoms. The van der Waals surface area contributed by atoms with Gasteiger partial charge in [-0.25, -0.2) is 0 Å². The molecule has 18 heavy (non-hydrogen) atoms. The van der Waals surface area contributed by atoms with Gasteiger partial charge in [-0.15, -0.1) is 0 Å². The first-order valence-corrected chi connectivity index (χ1v) is 7.71. The maximum Gasteiger partial charge on any atom is 0.0568 e. The molecule has 0 unspecified atom stereocenters. The SMILES string of the molecule is Ic1ccccc1-c1cnn(C2CCCCC2)c1. The average molecular weight is 352 g/mol. The standard InChI is InChI=1S/C15H17IN2/c16-15-9-5-4-8-14(15)12-10-17-18(11-12)13-6-2-1-3-7-13/h4-5,8-11,13H,1-3,6-7H2. The fourth-order valence-electron chi connectivity index (χ4n) is 2.72. The van der Waals surface area contributed by atoms with Gasteiger partial charge in [-0.3, -0.25) is 4.68 Å². The molecule has 1 aromatic carbocycles. The van der Waals surface area contributed by atoms with Crippen molar-refractivity contribution in [1.82, 2.24) is 9.78 Å². The van der Waals surface area contributed by atoms with Crippen molar-refractivity contribution in [2.24, 2.45) is 0 Å². The van der Waals surface area contributed by atoms with Crippen molar-refractivity contribution in [3.8, 4) is 11.1 Å². The average Bonchev–Trinajstić information content (AvgIpc) is 2.90. The highest BCUT2D eigenvalue weighted by Gasteiger charge is 2.16. The minimum Gasteiger partial charge on any atom is -0.269 e. The van der Waals surface area contributed by atoms with Crippen LogP contribution >= 0.6 is 22.6 Å². The van der Waals surface area contributed by atoms with E-state index in [4.69, 9.17) is 0 Å². The minimum atomic E-state index is 0.619. The molecule has 1 aliphatic carbocycles. The summed E-state index contributed by atoms with van der Waals surface area (Å²) in [5, 5.41) is 4.57. The molecule has 0 N–H and O–H groups in total. The first-order valence-electron chi connectivity index (χ1n) is 6.63. The van der Waals surface area contributed by atoms with Gasteiger partial charge in [0.1, 0.15) is 0 Å². The molecule has 1 heterocycles. The summed E-state index contributed by atoms with van der Waals surface area (Å²) in [6.45, 7) is 0. The Bertz CT molecular complexity index is 527. The fraction of sp³-hybridized carbons (Fsp3) is 0.400. The van der Waals surface area contributed by atoms with Gasteiger partial charge in [0.25, 0.3) is 0 Å². The maximum absolute atomic E-state index is 4.57. The Morgan fingerprint density at radius 3 is 2.67 bits per heavy atom. The number of halogens is 1. The van der Waals surface area contributed by atoms with Crippen LogP contribution in [-0.2, 0) is 0 Å². The van der Waals surface area contributed by atoms with Crippen molar-refractivity contribution in [3.63, 3.8) is 0 Å². The monoisotopic (exact) mass is 352 g/mol. The molecule has 1 saturated carbocycles. The number of rotatable bonds is 2. The van der Waals surface area contributed by atoms with E-state index in [1.807, 2.05) is 6.20 Å². The summed E-state index contributed by atoms with van der Waals surface area (Å²) in [5.74, 6) is 0. The third kappa shape index (κ3) is 2.46. The Labute approximate surface area is 122 Å². The predicted octanol–water partition coefficient (Wildman–Crippen LogP) is 4.66. The van der Waals surface area contributed by atoms with E-state index in [1.165, 1.54) is 46.8 Å². The van der Waals surface area contributed by atoms with Gasteiger partial charge in [-0.05, 0) is 47.1 Å². The van der Waals surface area contributed by atoms with Crippen LogP contribution < -0.4 is 0 Å². The van der Waals surface area contributed by atoms with E-state index in [0.717, 1.165) is 0 Å². The molecule has 3 rings (SSSR count).